The van der Waals surface area contributed by atoms with Crippen molar-refractivity contribution in [2.45, 2.75) is 6.54 Å². The van der Waals surface area contributed by atoms with Gasteiger partial charge in [0, 0.05) is 6.20 Å². The molecule has 3 heterocycles. The van der Waals surface area contributed by atoms with E-state index in [2.05, 4.69) is 35.9 Å². The van der Waals surface area contributed by atoms with Crippen molar-refractivity contribution in [3.8, 4) is 11.4 Å². The first kappa shape index (κ1) is 12.7. The lowest BCUT2D eigenvalue weighted by atomic mass is 10.3. The number of nitrogens with zero attached hydrogens (tertiary/aromatic N) is 4. The molecule has 0 unspecified atom stereocenters. The molecule has 3 N–H and O–H groups in total. The van der Waals surface area contributed by atoms with E-state index in [0.717, 1.165) is 0 Å². The Labute approximate surface area is 116 Å². The minimum Gasteiger partial charge on any atom is -0.342 e. The molecule has 0 atom stereocenters. The average molecular weight is 287 g/mol. The fourth-order valence-corrected chi connectivity index (χ4v) is 1.59. The van der Waals surface area contributed by atoms with Gasteiger partial charge in [-0.1, -0.05) is 5.16 Å². The highest BCUT2D eigenvalue weighted by atomic mass is 16.5. The molecule has 0 aliphatic carbocycles. The summed E-state index contributed by atoms with van der Waals surface area (Å²) in [6.45, 7) is 0.0173. The second-order valence-electron chi connectivity index (χ2n) is 3.96. The molecule has 3 rings (SSSR count). The van der Waals surface area contributed by atoms with E-state index in [4.69, 9.17) is 4.52 Å². The Hall–Kier alpha value is -3.30. The van der Waals surface area contributed by atoms with Crippen molar-refractivity contribution >= 4 is 5.91 Å². The van der Waals surface area contributed by atoms with Crippen LogP contribution >= 0.6 is 0 Å². The zero-order valence-corrected chi connectivity index (χ0v) is 10.5. The van der Waals surface area contributed by atoms with Crippen molar-refractivity contribution in [3.63, 3.8) is 0 Å². The first-order valence-electron chi connectivity index (χ1n) is 5.88. The minimum atomic E-state index is -0.430. The van der Waals surface area contributed by atoms with Gasteiger partial charge in [0.15, 0.2) is 5.69 Å². The maximum Gasteiger partial charge on any atom is 0.273 e. The number of rotatable bonds is 4. The van der Waals surface area contributed by atoms with E-state index in [1.807, 2.05) is 0 Å². The zero-order valence-electron chi connectivity index (χ0n) is 10.5. The van der Waals surface area contributed by atoms with Crippen molar-refractivity contribution in [3.05, 3.63) is 46.5 Å². The molecule has 3 aromatic rings. The molecule has 0 saturated carbocycles. The van der Waals surface area contributed by atoms with E-state index in [0.29, 0.717) is 0 Å². The van der Waals surface area contributed by atoms with Gasteiger partial charge in [-0.2, -0.15) is 20.4 Å². The number of carbonyl (C=O) groups is 1. The van der Waals surface area contributed by atoms with Crippen LogP contribution in [0.5, 0.6) is 0 Å². The monoisotopic (exact) mass is 287 g/mol. The molecule has 0 spiro atoms. The minimum absolute atomic E-state index is 0.0173. The SMILES string of the molecule is O=C(NCc1nc(-c2ccc[nH]c2=O)no1)c1cn[nH]n1. The molecular weight excluding hydrogens is 278 g/mol. The van der Waals surface area contributed by atoms with Crippen molar-refractivity contribution in [2.75, 3.05) is 0 Å². The fourth-order valence-electron chi connectivity index (χ4n) is 1.59. The standard InChI is InChI=1S/C11H9N7O3/c19-10-6(2-1-3-12-10)9-15-8(21-17-9)5-13-11(20)7-4-14-18-16-7/h1-4H,5H2,(H,12,19)(H,13,20)(H,14,16,18). The highest BCUT2D eigenvalue weighted by Gasteiger charge is 2.13. The van der Waals surface area contributed by atoms with Gasteiger partial charge in [0.1, 0.15) is 0 Å². The summed E-state index contributed by atoms with van der Waals surface area (Å²) in [5.74, 6) is -0.103. The topological polar surface area (TPSA) is 142 Å². The van der Waals surface area contributed by atoms with E-state index < -0.39 is 5.91 Å². The highest BCUT2D eigenvalue weighted by Crippen LogP contribution is 2.09. The van der Waals surface area contributed by atoms with E-state index in [1.165, 1.54) is 12.4 Å². The molecular formula is C11H9N7O3. The molecule has 106 valence electrons. The molecule has 0 aliphatic heterocycles. The molecule has 0 aromatic carbocycles. The van der Waals surface area contributed by atoms with Crippen LogP contribution in [-0.2, 0) is 6.54 Å². The summed E-state index contributed by atoms with van der Waals surface area (Å²) >= 11 is 0. The predicted octanol–water partition coefficient (Wildman–Crippen LogP) is -0.527. The third-order valence-corrected chi connectivity index (χ3v) is 2.57. The molecule has 10 nitrogen and oxygen atoms in total. The molecule has 1 amide bonds. The third-order valence-electron chi connectivity index (χ3n) is 2.57. The van der Waals surface area contributed by atoms with E-state index in [1.54, 1.807) is 12.1 Å². The zero-order chi connectivity index (χ0) is 14.7. The second-order valence-corrected chi connectivity index (χ2v) is 3.96. The molecule has 0 fully saturated rings. The van der Waals surface area contributed by atoms with E-state index >= 15 is 0 Å². The van der Waals surface area contributed by atoms with Gasteiger partial charge in [-0.3, -0.25) is 9.59 Å². The number of pyridine rings is 1. The summed E-state index contributed by atoms with van der Waals surface area (Å²) in [4.78, 5) is 29.8. The van der Waals surface area contributed by atoms with Crippen LogP contribution in [0.2, 0.25) is 0 Å². The van der Waals surface area contributed by atoms with Crippen LogP contribution in [0.1, 0.15) is 16.4 Å². The van der Waals surface area contributed by atoms with Gasteiger partial charge in [-0.15, -0.1) is 0 Å². The fraction of sp³-hybridized carbons (Fsp3) is 0.0909. The first-order chi connectivity index (χ1) is 10.2. The molecule has 0 radical (unpaired) electrons. The summed E-state index contributed by atoms with van der Waals surface area (Å²) in [6.07, 6.45) is 2.79. The van der Waals surface area contributed by atoms with Crippen LogP contribution in [-0.4, -0.2) is 36.4 Å². The van der Waals surface area contributed by atoms with Gasteiger partial charge in [-0.25, -0.2) is 0 Å². The highest BCUT2D eigenvalue weighted by molar-refractivity contribution is 5.91. The number of aromatic nitrogens is 6. The predicted molar refractivity (Wildman–Crippen MR) is 67.9 cm³/mol. The maximum absolute atomic E-state index is 11.6. The van der Waals surface area contributed by atoms with Crippen LogP contribution in [0.3, 0.4) is 0 Å². The Balaban J connectivity index is 1.70. The third kappa shape index (κ3) is 2.68. The summed E-state index contributed by atoms with van der Waals surface area (Å²) in [6, 6.07) is 3.22. The van der Waals surface area contributed by atoms with Crippen molar-refractivity contribution < 1.29 is 9.32 Å². The van der Waals surface area contributed by atoms with Gasteiger partial charge in [-0.05, 0) is 12.1 Å². The maximum atomic E-state index is 11.6. The van der Waals surface area contributed by atoms with Gasteiger partial charge < -0.3 is 14.8 Å². The Kier molecular flexibility index (Phi) is 3.25. The molecule has 21 heavy (non-hydrogen) atoms. The van der Waals surface area contributed by atoms with Crippen molar-refractivity contribution in [1.82, 2.24) is 35.9 Å². The number of hydrogen-bond acceptors (Lipinski definition) is 7. The molecule has 3 aromatic heterocycles. The van der Waals surface area contributed by atoms with E-state index in [-0.39, 0.29) is 35.1 Å². The van der Waals surface area contributed by atoms with Gasteiger partial charge in [0.2, 0.25) is 11.7 Å². The van der Waals surface area contributed by atoms with Gasteiger partial charge >= 0.3 is 0 Å². The Morgan fingerprint density at radius 1 is 1.43 bits per heavy atom. The first-order valence-corrected chi connectivity index (χ1v) is 5.88. The summed E-state index contributed by atoms with van der Waals surface area (Å²) in [5, 5.41) is 15.7. The van der Waals surface area contributed by atoms with Crippen LogP contribution < -0.4 is 10.9 Å². The molecule has 0 aliphatic rings. The van der Waals surface area contributed by atoms with E-state index in [9.17, 15) is 9.59 Å². The number of H-pyrrole nitrogens is 2. The Morgan fingerprint density at radius 2 is 2.33 bits per heavy atom. The second kappa shape index (κ2) is 5.36. The van der Waals surface area contributed by atoms with Crippen molar-refractivity contribution in [1.29, 1.82) is 0 Å². The number of aromatic amines is 2. The molecule has 10 heteroatoms. The summed E-state index contributed by atoms with van der Waals surface area (Å²) in [5.41, 5.74) is 0.112. The summed E-state index contributed by atoms with van der Waals surface area (Å²) in [7, 11) is 0. The largest absolute Gasteiger partial charge is 0.342 e. The normalized spacial score (nSPS) is 10.5. The number of carbonyl (C=O) groups excluding carboxylic acids is 1. The molecule has 0 saturated heterocycles. The quantitative estimate of drug-likeness (QED) is 0.585. The smallest absolute Gasteiger partial charge is 0.273 e. The van der Waals surface area contributed by atoms with Crippen LogP contribution in [0.15, 0.2) is 33.8 Å². The number of nitrogens with one attached hydrogen (secondary N) is 3. The van der Waals surface area contributed by atoms with Crippen LogP contribution in [0.25, 0.3) is 11.4 Å². The van der Waals surface area contributed by atoms with Crippen molar-refractivity contribution in [2.24, 2.45) is 0 Å². The molecule has 0 bridgehead atoms. The summed E-state index contributed by atoms with van der Waals surface area (Å²) < 4.78 is 4.97. The average Bonchev–Trinajstić information content (AvgIpc) is 3.17. The lowest BCUT2D eigenvalue weighted by Gasteiger charge is -1.97. The lowest BCUT2D eigenvalue weighted by molar-refractivity contribution is 0.0941. The van der Waals surface area contributed by atoms with Crippen LogP contribution in [0, 0.1) is 0 Å². The van der Waals surface area contributed by atoms with Gasteiger partial charge in [0.25, 0.3) is 11.5 Å². The number of amides is 1. The Morgan fingerprint density at radius 3 is 3.10 bits per heavy atom. The Bertz CT molecular complexity index is 805. The lowest BCUT2D eigenvalue weighted by Crippen LogP contribution is -2.23. The van der Waals surface area contributed by atoms with Gasteiger partial charge in [0.05, 0.1) is 18.3 Å². The van der Waals surface area contributed by atoms with Crippen LogP contribution in [0.4, 0.5) is 0 Å². The number of hydrogen-bond donors (Lipinski definition) is 3.